The second-order valence-electron chi connectivity index (χ2n) is 3.55. The number of aliphatic hydroxyl groups excluding tert-OH is 1. The number of hydrogen-bond acceptors (Lipinski definition) is 5. The van der Waals surface area contributed by atoms with E-state index in [0.29, 0.717) is 17.0 Å². The highest BCUT2D eigenvalue weighted by molar-refractivity contribution is 7.99. The summed E-state index contributed by atoms with van der Waals surface area (Å²) in [4.78, 5) is 0. The minimum absolute atomic E-state index is 0.163. The molecule has 0 aliphatic carbocycles. The third-order valence-electron chi connectivity index (χ3n) is 2.47. The highest BCUT2D eigenvalue weighted by Crippen LogP contribution is 2.24. The van der Waals surface area contributed by atoms with E-state index in [2.05, 4.69) is 16.3 Å². The molecule has 0 unspecified atom stereocenters. The zero-order valence-electron chi connectivity index (χ0n) is 10.2. The molecule has 1 aromatic heterocycles. The summed E-state index contributed by atoms with van der Waals surface area (Å²) in [6.45, 7) is 4.21. The molecule has 1 rings (SSSR count). The maximum Gasteiger partial charge on any atom is 0.137 e. The zero-order chi connectivity index (χ0) is 12.7. The average molecular weight is 251 g/mol. The van der Waals surface area contributed by atoms with Gasteiger partial charge in [0.05, 0.1) is 11.3 Å². The molecule has 0 saturated carbocycles. The molecule has 17 heavy (non-hydrogen) atoms. The molecular weight excluding hydrogens is 234 g/mol. The van der Waals surface area contributed by atoms with Crippen LogP contribution in [0.4, 0.5) is 0 Å². The number of thioether (sulfide) groups is 1. The molecule has 1 aromatic rings. The van der Waals surface area contributed by atoms with Crippen LogP contribution >= 0.6 is 11.8 Å². The van der Waals surface area contributed by atoms with Gasteiger partial charge in [0.25, 0.3) is 0 Å². The van der Waals surface area contributed by atoms with Crippen molar-refractivity contribution in [2.24, 2.45) is 0 Å². The molecule has 0 amide bonds. The third-order valence-corrected chi connectivity index (χ3v) is 3.52. The standard InChI is InChI=1S/C12H17N3OS/c1-3-9-10(8-13)12(17-7-5-6-16)15-14-11(9)4-2/h16H,3-7H2,1-2H3. The Kier molecular flexibility index (Phi) is 5.95. The Labute approximate surface area is 106 Å². The summed E-state index contributed by atoms with van der Waals surface area (Å²) in [6.07, 6.45) is 2.30. The Hall–Kier alpha value is -1.12. The van der Waals surface area contributed by atoms with Crippen LogP contribution in [0.25, 0.3) is 0 Å². The average Bonchev–Trinajstić information content (AvgIpc) is 2.38. The van der Waals surface area contributed by atoms with Gasteiger partial charge in [0.1, 0.15) is 11.1 Å². The molecular formula is C12H17N3OS. The van der Waals surface area contributed by atoms with Gasteiger partial charge in [-0.1, -0.05) is 13.8 Å². The third kappa shape index (κ3) is 3.42. The van der Waals surface area contributed by atoms with Crippen LogP contribution in [0, 0.1) is 11.3 Å². The van der Waals surface area contributed by atoms with Crippen molar-refractivity contribution in [1.29, 1.82) is 5.26 Å². The van der Waals surface area contributed by atoms with Gasteiger partial charge >= 0.3 is 0 Å². The van der Waals surface area contributed by atoms with Crippen molar-refractivity contribution in [3.05, 3.63) is 16.8 Å². The summed E-state index contributed by atoms with van der Waals surface area (Å²) >= 11 is 1.49. The highest BCUT2D eigenvalue weighted by Gasteiger charge is 2.14. The second kappa shape index (κ2) is 7.25. The second-order valence-corrected chi connectivity index (χ2v) is 4.63. The molecule has 0 spiro atoms. The SMILES string of the molecule is CCc1nnc(SCCCO)c(C#N)c1CC. The molecule has 0 aromatic carbocycles. The number of aryl methyl sites for hydroxylation is 1. The van der Waals surface area contributed by atoms with Crippen LogP contribution in [0.2, 0.25) is 0 Å². The summed E-state index contributed by atoms with van der Waals surface area (Å²) in [5.74, 6) is 0.758. The Balaban J connectivity index is 3.02. The number of nitrogens with zero attached hydrogens (tertiary/aromatic N) is 3. The van der Waals surface area contributed by atoms with Crippen LogP contribution in [0.3, 0.4) is 0 Å². The van der Waals surface area contributed by atoms with Crippen molar-refractivity contribution < 1.29 is 5.11 Å². The fraction of sp³-hybridized carbons (Fsp3) is 0.583. The lowest BCUT2D eigenvalue weighted by atomic mass is 10.1. The van der Waals surface area contributed by atoms with Gasteiger partial charge in [-0.2, -0.15) is 10.4 Å². The molecule has 0 fully saturated rings. The van der Waals surface area contributed by atoms with Gasteiger partial charge in [-0.3, -0.25) is 0 Å². The van der Waals surface area contributed by atoms with Crippen molar-refractivity contribution in [2.45, 2.75) is 38.1 Å². The van der Waals surface area contributed by atoms with E-state index in [4.69, 9.17) is 5.11 Å². The van der Waals surface area contributed by atoms with Gasteiger partial charge in [-0.25, -0.2) is 0 Å². The van der Waals surface area contributed by atoms with E-state index in [-0.39, 0.29) is 6.61 Å². The molecule has 0 aliphatic rings. The Bertz CT molecular complexity index is 415. The van der Waals surface area contributed by atoms with Gasteiger partial charge in [0.2, 0.25) is 0 Å². The molecule has 0 saturated heterocycles. The Morgan fingerprint density at radius 1 is 1.29 bits per heavy atom. The first-order valence-corrected chi connectivity index (χ1v) is 6.79. The van der Waals surface area contributed by atoms with E-state index < -0.39 is 0 Å². The van der Waals surface area contributed by atoms with Gasteiger partial charge in [-0.15, -0.1) is 16.9 Å². The monoisotopic (exact) mass is 251 g/mol. The van der Waals surface area contributed by atoms with E-state index in [9.17, 15) is 5.26 Å². The lowest BCUT2D eigenvalue weighted by Gasteiger charge is -2.09. The predicted octanol–water partition coefficient (Wildman–Crippen LogP) is 1.95. The Morgan fingerprint density at radius 2 is 2.06 bits per heavy atom. The summed E-state index contributed by atoms with van der Waals surface area (Å²) in [5.41, 5.74) is 2.58. The van der Waals surface area contributed by atoms with Crippen molar-refractivity contribution in [3.63, 3.8) is 0 Å². The number of nitriles is 1. The molecule has 1 heterocycles. The Morgan fingerprint density at radius 3 is 2.59 bits per heavy atom. The predicted molar refractivity (Wildman–Crippen MR) is 67.9 cm³/mol. The number of aromatic nitrogens is 2. The summed E-state index contributed by atoms with van der Waals surface area (Å²) in [5, 5.41) is 26.9. The smallest absolute Gasteiger partial charge is 0.137 e. The van der Waals surface area contributed by atoms with Crippen LogP contribution in [0.15, 0.2) is 5.03 Å². The van der Waals surface area contributed by atoms with Crippen LogP contribution < -0.4 is 0 Å². The lowest BCUT2D eigenvalue weighted by Crippen LogP contribution is -2.04. The fourth-order valence-electron chi connectivity index (χ4n) is 1.60. The molecule has 4 nitrogen and oxygen atoms in total. The minimum Gasteiger partial charge on any atom is -0.396 e. The van der Waals surface area contributed by atoms with Crippen LogP contribution in [0.1, 0.15) is 37.1 Å². The summed E-state index contributed by atoms with van der Waals surface area (Å²) < 4.78 is 0. The zero-order valence-corrected chi connectivity index (χ0v) is 11.0. The molecule has 1 N–H and O–H groups in total. The molecule has 0 radical (unpaired) electrons. The molecule has 0 bridgehead atoms. The van der Waals surface area contributed by atoms with E-state index in [0.717, 1.165) is 29.9 Å². The van der Waals surface area contributed by atoms with Gasteiger partial charge in [0, 0.05) is 12.4 Å². The van der Waals surface area contributed by atoms with Crippen molar-refractivity contribution in [1.82, 2.24) is 10.2 Å². The molecule has 5 heteroatoms. The quantitative estimate of drug-likeness (QED) is 0.618. The number of aliphatic hydroxyl groups is 1. The first-order valence-electron chi connectivity index (χ1n) is 5.80. The lowest BCUT2D eigenvalue weighted by molar-refractivity contribution is 0.296. The normalized spacial score (nSPS) is 10.2. The fourth-order valence-corrected chi connectivity index (χ4v) is 2.48. The van der Waals surface area contributed by atoms with E-state index in [1.807, 2.05) is 13.8 Å². The van der Waals surface area contributed by atoms with Crippen LogP contribution in [0.5, 0.6) is 0 Å². The van der Waals surface area contributed by atoms with Gasteiger partial charge in [-0.05, 0) is 24.8 Å². The van der Waals surface area contributed by atoms with Crippen LogP contribution in [-0.4, -0.2) is 27.7 Å². The van der Waals surface area contributed by atoms with Crippen molar-refractivity contribution >= 4 is 11.8 Å². The first kappa shape index (κ1) is 13.9. The molecule has 0 atom stereocenters. The van der Waals surface area contributed by atoms with Crippen molar-refractivity contribution in [3.8, 4) is 6.07 Å². The van der Waals surface area contributed by atoms with Crippen molar-refractivity contribution in [2.75, 3.05) is 12.4 Å². The van der Waals surface area contributed by atoms with Gasteiger partial charge in [0.15, 0.2) is 0 Å². The summed E-state index contributed by atoms with van der Waals surface area (Å²) in [6, 6.07) is 2.23. The number of rotatable bonds is 6. The topological polar surface area (TPSA) is 69.8 Å². The van der Waals surface area contributed by atoms with E-state index in [1.54, 1.807) is 0 Å². The molecule has 92 valence electrons. The van der Waals surface area contributed by atoms with E-state index in [1.165, 1.54) is 11.8 Å². The largest absolute Gasteiger partial charge is 0.396 e. The van der Waals surface area contributed by atoms with Gasteiger partial charge < -0.3 is 5.11 Å². The maximum atomic E-state index is 9.23. The first-order chi connectivity index (χ1) is 8.28. The van der Waals surface area contributed by atoms with Crippen LogP contribution in [-0.2, 0) is 12.8 Å². The minimum atomic E-state index is 0.163. The summed E-state index contributed by atoms with van der Waals surface area (Å²) in [7, 11) is 0. The van der Waals surface area contributed by atoms with E-state index >= 15 is 0 Å². The highest BCUT2D eigenvalue weighted by atomic mass is 32.2. The maximum absolute atomic E-state index is 9.23. The molecule has 0 aliphatic heterocycles. The number of hydrogen-bond donors (Lipinski definition) is 1.